The lowest BCUT2D eigenvalue weighted by Crippen LogP contribution is -2.42. The molecule has 1 amide bonds. The first-order chi connectivity index (χ1) is 10.3. The van der Waals surface area contributed by atoms with Crippen LogP contribution in [-0.2, 0) is 14.3 Å². The number of carboxylic acid groups (broad SMARTS) is 2. The fraction of sp³-hybridized carbons (Fsp3) is 0.769. The molecule has 2 fully saturated rings. The molecule has 2 unspecified atom stereocenters. The number of fused-ring (bicyclic) bond motifs is 1. The molecular weight excluding hydrogens is 318 g/mol. The van der Waals surface area contributed by atoms with Gasteiger partial charge in [-0.15, -0.1) is 0 Å². The number of carbonyl (C=O) groups is 3. The van der Waals surface area contributed by atoms with Crippen LogP contribution in [0.15, 0.2) is 0 Å². The first kappa shape index (κ1) is 19.1. The molecule has 2 saturated heterocycles. The second kappa shape index (κ2) is 6.65. The maximum absolute atomic E-state index is 13.7. The largest absolute Gasteiger partial charge is 0.473 e. The summed E-state index contributed by atoms with van der Waals surface area (Å²) in [5, 5.41) is 17.7. The van der Waals surface area contributed by atoms with Crippen molar-refractivity contribution in [2.45, 2.75) is 38.3 Å². The van der Waals surface area contributed by atoms with Gasteiger partial charge in [0.25, 0.3) is 5.92 Å². The molecule has 10 heteroatoms. The van der Waals surface area contributed by atoms with Crippen LogP contribution in [0.4, 0.5) is 13.6 Å². The Balaban J connectivity index is 0.000000379. The molecule has 0 aliphatic carbocycles. The Labute approximate surface area is 131 Å². The second-order valence-electron chi connectivity index (χ2n) is 6.31. The molecule has 3 N–H and O–H groups in total. The molecule has 0 bridgehead atoms. The molecular formula is C13H20F2N2O6. The number of aliphatic carboxylic acids is 2. The Bertz CT molecular complexity index is 479. The number of ether oxygens (including phenoxy) is 1. The molecule has 0 aromatic carbocycles. The molecule has 2 aliphatic rings. The molecule has 2 heterocycles. The number of hydrogen-bond donors (Lipinski definition) is 3. The zero-order valence-electron chi connectivity index (χ0n) is 13.0. The standard InChI is InChI=1S/C11H18F2N2O2.C2H2O4/c1-10(2,3)17-9(16)15-6-11(12,13)7-4-14-5-8(7)15;3-1(4)2(5)6/h7-8,14H,4-6H2,1-3H3;(H,3,4)(H,5,6). The van der Waals surface area contributed by atoms with E-state index in [2.05, 4.69) is 5.32 Å². The van der Waals surface area contributed by atoms with Crippen LogP contribution in [0.25, 0.3) is 0 Å². The van der Waals surface area contributed by atoms with Gasteiger partial charge in [0.2, 0.25) is 0 Å². The van der Waals surface area contributed by atoms with Gasteiger partial charge in [-0.3, -0.25) is 4.90 Å². The van der Waals surface area contributed by atoms with Crippen LogP contribution in [0, 0.1) is 5.92 Å². The third-order valence-corrected chi connectivity index (χ3v) is 3.32. The van der Waals surface area contributed by atoms with Crippen molar-refractivity contribution in [3.8, 4) is 0 Å². The summed E-state index contributed by atoms with van der Waals surface area (Å²) >= 11 is 0. The Morgan fingerprint density at radius 1 is 1.17 bits per heavy atom. The summed E-state index contributed by atoms with van der Waals surface area (Å²) in [4.78, 5) is 31.2. The number of rotatable bonds is 0. The van der Waals surface area contributed by atoms with Crippen molar-refractivity contribution < 1.29 is 38.1 Å². The number of carboxylic acids is 2. The minimum atomic E-state index is -2.81. The van der Waals surface area contributed by atoms with Crippen LogP contribution in [-0.4, -0.2) is 70.3 Å². The first-order valence-electron chi connectivity index (χ1n) is 6.89. The molecule has 0 aromatic rings. The molecule has 8 nitrogen and oxygen atoms in total. The van der Waals surface area contributed by atoms with Crippen molar-refractivity contribution in [1.82, 2.24) is 10.2 Å². The summed E-state index contributed by atoms with van der Waals surface area (Å²) in [6.07, 6.45) is -0.645. The molecule has 2 aliphatic heterocycles. The van der Waals surface area contributed by atoms with E-state index in [9.17, 15) is 13.6 Å². The van der Waals surface area contributed by atoms with Gasteiger partial charge in [-0.2, -0.15) is 0 Å². The van der Waals surface area contributed by atoms with Gasteiger partial charge in [-0.05, 0) is 20.8 Å². The highest BCUT2D eigenvalue weighted by Crippen LogP contribution is 2.40. The lowest BCUT2D eigenvalue weighted by atomic mass is 10.0. The van der Waals surface area contributed by atoms with E-state index in [-0.39, 0.29) is 6.54 Å². The fourth-order valence-electron chi connectivity index (χ4n) is 2.41. The quantitative estimate of drug-likeness (QED) is 0.554. The van der Waals surface area contributed by atoms with Crippen molar-refractivity contribution >= 4 is 18.0 Å². The normalized spacial score (nSPS) is 25.2. The van der Waals surface area contributed by atoms with Crippen LogP contribution >= 0.6 is 0 Å². The number of amides is 1. The summed E-state index contributed by atoms with van der Waals surface area (Å²) in [7, 11) is 0. The molecule has 0 aromatic heterocycles. The van der Waals surface area contributed by atoms with Crippen LogP contribution in [0.1, 0.15) is 20.8 Å². The summed E-state index contributed by atoms with van der Waals surface area (Å²) in [5.41, 5.74) is -0.656. The number of hydrogen-bond acceptors (Lipinski definition) is 5. The van der Waals surface area contributed by atoms with Crippen molar-refractivity contribution in [3.63, 3.8) is 0 Å². The first-order valence-corrected chi connectivity index (χ1v) is 6.89. The van der Waals surface area contributed by atoms with Crippen LogP contribution in [0.3, 0.4) is 0 Å². The Morgan fingerprint density at radius 3 is 2.13 bits per heavy atom. The number of carbonyl (C=O) groups excluding carboxylic acids is 1. The van der Waals surface area contributed by atoms with E-state index in [1.54, 1.807) is 20.8 Å². The minimum Gasteiger partial charge on any atom is -0.473 e. The Kier molecular flexibility index (Phi) is 5.51. The van der Waals surface area contributed by atoms with Gasteiger partial charge < -0.3 is 20.3 Å². The van der Waals surface area contributed by atoms with Gasteiger partial charge in [0.1, 0.15) is 5.60 Å². The van der Waals surface area contributed by atoms with Gasteiger partial charge in [-0.25, -0.2) is 23.2 Å². The van der Waals surface area contributed by atoms with E-state index in [1.165, 1.54) is 0 Å². The highest BCUT2D eigenvalue weighted by atomic mass is 19.3. The molecule has 0 saturated carbocycles. The SMILES string of the molecule is CC(C)(C)OC(=O)N1CC(F)(F)C2CNCC21.O=C(O)C(=O)O. The number of nitrogens with one attached hydrogen (secondary N) is 1. The smallest absolute Gasteiger partial charge is 0.414 e. The van der Waals surface area contributed by atoms with Crippen LogP contribution < -0.4 is 5.32 Å². The third-order valence-electron chi connectivity index (χ3n) is 3.32. The van der Waals surface area contributed by atoms with E-state index in [0.717, 1.165) is 4.90 Å². The maximum Gasteiger partial charge on any atom is 0.414 e. The molecule has 0 radical (unpaired) electrons. The van der Waals surface area contributed by atoms with Crippen molar-refractivity contribution in [3.05, 3.63) is 0 Å². The Morgan fingerprint density at radius 2 is 1.70 bits per heavy atom. The van der Waals surface area contributed by atoms with Gasteiger partial charge in [-0.1, -0.05) is 0 Å². The topological polar surface area (TPSA) is 116 Å². The monoisotopic (exact) mass is 338 g/mol. The number of halogens is 2. The number of nitrogens with zero attached hydrogens (tertiary/aromatic N) is 1. The van der Waals surface area contributed by atoms with Crippen molar-refractivity contribution in [2.75, 3.05) is 19.6 Å². The summed E-state index contributed by atoms with van der Waals surface area (Å²) in [5.74, 6) is -7.24. The summed E-state index contributed by atoms with van der Waals surface area (Å²) in [6.45, 7) is 5.33. The average Bonchev–Trinajstić information content (AvgIpc) is 2.91. The minimum absolute atomic E-state index is 0.261. The predicted molar refractivity (Wildman–Crippen MR) is 73.3 cm³/mol. The molecule has 0 spiro atoms. The lowest BCUT2D eigenvalue weighted by molar-refractivity contribution is -0.159. The third kappa shape index (κ3) is 5.02. The summed E-state index contributed by atoms with van der Waals surface area (Å²) < 4.78 is 32.5. The van der Waals surface area contributed by atoms with E-state index >= 15 is 0 Å². The highest BCUT2D eigenvalue weighted by molar-refractivity contribution is 6.27. The van der Waals surface area contributed by atoms with Gasteiger partial charge in [0, 0.05) is 13.1 Å². The molecule has 132 valence electrons. The number of alkyl halides is 2. The lowest BCUT2D eigenvalue weighted by Gasteiger charge is -2.27. The van der Waals surface area contributed by atoms with Gasteiger partial charge >= 0.3 is 18.0 Å². The van der Waals surface area contributed by atoms with E-state index in [0.29, 0.717) is 6.54 Å². The zero-order valence-corrected chi connectivity index (χ0v) is 13.0. The van der Waals surface area contributed by atoms with E-state index in [4.69, 9.17) is 24.5 Å². The average molecular weight is 338 g/mol. The number of likely N-dealkylation sites (tertiary alicyclic amines) is 1. The van der Waals surface area contributed by atoms with Gasteiger partial charge in [0.05, 0.1) is 18.5 Å². The van der Waals surface area contributed by atoms with Crippen molar-refractivity contribution in [2.24, 2.45) is 5.92 Å². The van der Waals surface area contributed by atoms with Gasteiger partial charge in [0.15, 0.2) is 0 Å². The maximum atomic E-state index is 13.7. The van der Waals surface area contributed by atoms with Crippen LogP contribution in [0.2, 0.25) is 0 Å². The summed E-state index contributed by atoms with van der Waals surface area (Å²) in [6, 6.07) is -0.445. The van der Waals surface area contributed by atoms with E-state index < -0.39 is 48.1 Å². The van der Waals surface area contributed by atoms with E-state index in [1.807, 2.05) is 0 Å². The Hall–Kier alpha value is -1.97. The molecule has 2 rings (SSSR count). The second-order valence-corrected chi connectivity index (χ2v) is 6.31. The highest BCUT2D eigenvalue weighted by Gasteiger charge is 2.58. The molecule has 2 atom stereocenters. The fourth-order valence-corrected chi connectivity index (χ4v) is 2.41. The predicted octanol–water partition coefficient (Wildman–Crippen LogP) is 0.616. The molecule has 23 heavy (non-hydrogen) atoms. The van der Waals surface area contributed by atoms with Crippen LogP contribution in [0.5, 0.6) is 0 Å². The zero-order chi connectivity index (χ0) is 18.0. The van der Waals surface area contributed by atoms with Crippen molar-refractivity contribution in [1.29, 1.82) is 0 Å².